The zero-order chi connectivity index (χ0) is 12.4. The van der Waals surface area contributed by atoms with E-state index in [1.165, 1.54) is 16.7 Å². The monoisotopic (exact) mass is 232 g/mol. The molecule has 17 heavy (non-hydrogen) atoms. The molecule has 2 rings (SSSR count). The van der Waals surface area contributed by atoms with Gasteiger partial charge in [0.1, 0.15) is 11.5 Å². The second-order valence-electron chi connectivity index (χ2n) is 5.02. The number of benzene rings is 1. The van der Waals surface area contributed by atoms with Gasteiger partial charge in [-0.05, 0) is 49.3 Å². The maximum absolute atomic E-state index is 11.5. The Morgan fingerprint density at radius 2 is 1.88 bits per heavy atom. The number of hydrogen-bond acceptors (Lipinski definition) is 2. The number of ether oxygens (including phenoxy) is 1. The van der Waals surface area contributed by atoms with Crippen LogP contribution in [-0.4, -0.2) is 12.9 Å². The topological polar surface area (TPSA) is 26.3 Å². The van der Waals surface area contributed by atoms with Crippen LogP contribution in [0.5, 0.6) is 5.75 Å². The van der Waals surface area contributed by atoms with Crippen molar-refractivity contribution in [2.24, 2.45) is 0 Å². The zero-order valence-corrected chi connectivity index (χ0v) is 10.9. The van der Waals surface area contributed by atoms with Crippen molar-refractivity contribution in [3.63, 3.8) is 0 Å². The van der Waals surface area contributed by atoms with E-state index in [0.29, 0.717) is 18.1 Å². The smallest absolute Gasteiger partial charge is 0.133 e. The molecular formula is C15H20O2. The Labute approximate surface area is 103 Å². The fourth-order valence-electron chi connectivity index (χ4n) is 2.85. The van der Waals surface area contributed by atoms with Crippen LogP contribution in [0.3, 0.4) is 0 Å². The van der Waals surface area contributed by atoms with Gasteiger partial charge in [0.15, 0.2) is 0 Å². The molecular weight excluding hydrogens is 212 g/mol. The van der Waals surface area contributed by atoms with Crippen LogP contribution in [0.1, 0.15) is 48.3 Å². The molecule has 0 unspecified atom stereocenters. The Balaban J connectivity index is 2.30. The van der Waals surface area contributed by atoms with Gasteiger partial charge >= 0.3 is 0 Å². The van der Waals surface area contributed by atoms with Gasteiger partial charge in [0, 0.05) is 12.8 Å². The van der Waals surface area contributed by atoms with Gasteiger partial charge in [-0.2, -0.15) is 0 Å². The second-order valence-corrected chi connectivity index (χ2v) is 5.02. The lowest BCUT2D eigenvalue weighted by atomic mass is 9.82. The van der Waals surface area contributed by atoms with Gasteiger partial charge in [0.25, 0.3) is 0 Å². The van der Waals surface area contributed by atoms with E-state index in [9.17, 15) is 4.79 Å². The van der Waals surface area contributed by atoms with Gasteiger partial charge in [0.05, 0.1) is 7.11 Å². The highest BCUT2D eigenvalue weighted by Gasteiger charge is 2.22. The van der Waals surface area contributed by atoms with Crippen molar-refractivity contribution in [3.8, 4) is 5.75 Å². The molecule has 1 atom stereocenters. The predicted molar refractivity (Wildman–Crippen MR) is 68.7 cm³/mol. The molecule has 1 aromatic carbocycles. The molecule has 1 aliphatic carbocycles. The van der Waals surface area contributed by atoms with Gasteiger partial charge in [-0.25, -0.2) is 0 Å². The number of methoxy groups -OCH3 is 1. The molecule has 0 saturated heterocycles. The summed E-state index contributed by atoms with van der Waals surface area (Å²) >= 11 is 0. The Kier molecular flexibility index (Phi) is 3.51. The van der Waals surface area contributed by atoms with E-state index in [2.05, 4.69) is 26.0 Å². The zero-order valence-electron chi connectivity index (χ0n) is 10.9. The molecule has 1 fully saturated rings. The summed E-state index contributed by atoms with van der Waals surface area (Å²) in [5, 5.41) is 0. The summed E-state index contributed by atoms with van der Waals surface area (Å²) < 4.78 is 5.37. The van der Waals surface area contributed by atoms with E-state index in [-0.39, 0.29) is 0 Å². The van der Waals surface area contributed by atoms with Crippen LogP contribution in [0, 0.1) is 13.8 Å². The van der Waals surface area contributed by atoms with Crippen LogP contribution in [0.4, 0.5) is 0 Å². The number of carbonyl (C=O) groups excluding carboxylic acids is 1. The van der Waals surface area contributed by atoms with E-state index in [1.54, 1.807) is 7.11 Å². The summed E-state index contributed by atoms with van der Waals surface area (Å²) in [4.78, 5) is 11.5. The Hall–Kier alpha value is -1.31. The maximum atomic E-state index is 11.5. The van der Waals surface area contributed by atoms with E-state index < -0.39 is 0 Å². The van der Waals surface area contributed by atoms with Crippen LogP contribution in [-0.2, 0) is 4.79 Å². The van der Waals surface area contributed by atoms with Crippen molar-refractivity contribution in [1.82, 2.24) is 0 Å². The van der Waals surface area contributed by atoms with Crippen molar-refractivity contribution < 1.29 is 9.53 Å². The third-order valence-corrected chi connectivity index (χ3v) is 3.64. The van der Waals surface area contributed by atoms with Crippen molar-refractivity contribution in [3.05, 3.63) is 28.8 Å². The molecule has 2 nitrogen and oxygen atoms in total. The third kappa shape index (κ3) is 2.51. The molecule has 1 aromatic rings. The molecule has 0 N–H and O–H groups in total. The molecule has 0 bridgehead atoms. The minimum absolute atomic E-state index is 0.410. The first-order valence-electron chi connectivity index (χ1n) is 6.28. The van der Waals surface area contributed by atoms with Crippen LogP contribution >= 0.6 is 0 Å². The summed E-state index contributed by atoms with van der Waals surface area (Å²) in [7, 11) is 1.71. The normalized spacial score (nSPS) is 20.4. The summed E-state index contributed by atoms with van der Waals surface area (Å²) in [6.45, 7) is 4.14. The number of Topliss-reactive ketones (excluding diaryl/α,β-unsaturated/α-hetero) is 1. The lowest BCUT2D eigenvalue weighted by Gasteiger charge is -2.22. The van der Waals surface area contributed by atoms with Crippen molar-refractivity contribution in [1.29, 1.82) is 0 Å². The first kappa shape index (κ1) is 12.2. The average Bonchev–Trinajstić information content (AvgIpc) is 2.28. The van der Waals surface area contributed by atoms with Gasteiger partial charge in [-0.15, -0.1) is 0 Å². The molecule has 92 valence electrons. The largest absolute Gasteiger partial charge is 0.496 e. The van der Waals surface area contributed by atoms with Crippen LogP contribution < -0.4 is 4.74 Å². The number of ketones is 1. The summed E-state index contributed by atoms with van der Waals surface area (Å²) in [5.41, 5.74) is 3.63. The van der Waals surface area contributed by atoms with Gasteiger partial charge in [-0.1, -0.05) is 12.1 Å². The molecule has 2 heteroatoms. The summed E-state index contributed by atoms with van der Waals surface area (Å²) in [6.07, 6.45) is 3.65. The summed E-state index contributed by atoms with van der Waals surface area (Å²) in [5.74, 6) is 1.79. The predicted octanol–water partition coefficient (Wildman–Crippen LogP) is 3.54. The highest BCUT2D eigenvalue weighted by atomic mass is 16.5. The van der Waals surface area contributed by atoms with Gasteiger partial charge in [0.2, 0.25) is 0 Å². The van der Waals surface area contributed by atoms with E-state index >= 15 is 0 Å². The molecule has 0 amide bonds. The van der Waals surface area contributed by atoms with Crippen molar-refractivity contribution >= 4 is 5.78 Å². The first-order valence-corrected chi connectivity index (χ1v) is 6.28. The third-order valence-electron chi connectivity index (χ3n) is 3.64. The van der Waals surface area contributed by atoms with Gasteiger partial charge < -0.3 is 4.74 Å². The van der Waals surface area contributed by atoms with E-state index in [1.807, 2.05) is 0 Å². The van der Waals surface area contributed by atoms with Crippen molar-refractivity contribution in [2.45, 2.75) is 45.4 Å². The number of rotatable bonds is 2. The van der Waals surface area contributed by atoms with Crippen LogP contribution in [0.15, 0.2) is 12.1 Å². The first-order chi connectivity index (χ1) is 8.11. The highest BCUT2D eigenvalue weighted by Crippen LogP contribution is 2.34. The Morgan fingerprint density at radius 1 is 1.24 bits per heavy atom. The molecule has 1 aliphatic rings. The molecule has 0 spiro atoms. The lowest BCUT2D eigenvalue weighted by molar-refractivity contribution is -0.120. The molecule has 0 heterocycles. The Morgan fingerprint density at radius 3 is 2.41 bits per heavy atom. The number of aryl methyl sites for hydroxylation is 2. The second kappa shape index (κ2) is 4.91. The fourth-order valence-corrected chi connectivity index (χ4v) is 2.85. The number of carbonyl (C=O) groups is 1. The number of hydrogen-bond donors (Lipinski definition) is 0. The van der Waals surface area contributed by atoms with E-state index in [0.717, 1.165) is 25.0 Å². The SMILES string of the molecule is COc1c(C)cc([C@H]2CCCC(=O)C2)cc1C. The van der Waals surface area contributed by atoms with Crippen LogP contribution in [0.2, 0.25) is 0 Å². The highest BCUT2D eigenvalue weighted by molar-refractivity contribution is 5.80. The molecule has 0 aliphatic heterocycles. The molecule has 0 aromatic heterocycles. The average molecular weight is 232 g/mol. The fraction of sp³-hybridized carbons (Fsp3) is 0.533. The quantitative estimate of drug-likeness (QED) is 0.779. The molecule has 1 saturated carbocycles. The van der Waals surface area contributed by atoms with Crippen molar-refractivity contribution in [2.75, 3.05) is 7.11 Å². The lowest BCUT2D eigenvalue weighted by Crippen LogP contribution is -2.13. The van der Waals surface area contributed by atoms with E-state index in [4.69, 9.17) is 4.74 Å². The Bertz CT molecular complexity index is 412. The van der Waals surface area contributed by atoms with Crippen LogP contribution in [0.25, 0.3) is 0 Å². The molecule has 0 radical (unpaired) electrons. The standard InChI is InChI=1S/C15H20O2/c1-10-7-13(8-11(2)15(10)17-3)12-5-4-6-14(16)9-12/h7-8,12H,4-6,9H2,1-3H3/t12-/m0/s1. The maximum Gasteiger partial charge on any atom is 0.133 e. The van der Waals surface area contributed by atoms with Gasteiger partial charge in [-0.3, -0.25) is 4.79 Å². The minimum atomic E-state index is 0.410. The summed E-state index contributed by atoms with van der Waals surface area (Å²) in [6, 6.07) is 4.35. The minimum Gasteiger partial charge on any atom is -0.496 e.